The number of amides is 1. The molecule has 1 N–H and O–H groups in total. The van der Waals surface area contributed by atoms with Gasteiger partial charge in [0.2, 0.25) is 0 Å². The Hall–Kier alpha value is -0.810. The Balaban J connectivity index is 2.42. The van der Waals surface area contributed by atoms with E-state index in [1.165, 1.54) is 0 Å². The van der Waals surface area contributed by atoms with Crippen LogP contribution in [0.2, 0.25) is 0 Å². The summed E-state index contributed by atoms with van der Waals surface area (Å²) in [4.78, 5) is 13.9. The van der Waals surface area contributed by atoms with Crippen molar-refractivity contribution in [3.63, 3.8) is 0 Å². The van der Waals surface area contributed by atoms with E-state index in [2.05, 4.69) is 6.92 Å². The Morgan fingerprint density at radius 3 is 2.57 bits per heavy atom. The highest BCUT2D eigenvalue weighted by molar-refractivity contribution is 5.68. The van der Waals surface area contributed by atoms with Crippen LogP contribution in [0.15, 0.2) is 0 Å². The maximum Gasteiger partial charge on any atom is 0.410 e. The van der Waals surface area contributed by atoms with Gasteiger partial charge in [0.15, 0.2) is 0 Å². The first-order valence-corrected chi connectivity index (χ1v) is 8.05. The zero-order valence-corrected chi connectivity index (χ0v) is 14.0. The van der Waals surface area contributed by atoms with Gasteiger partial charge in [0.05, 0.1) is 12.1 Å². The van der Waals surface area contributed by atoms with Crippen molar-refractivity contribution in [3.05, 3.63) is 0 Å². The largest absolute Gasteiger partial charge is 0.444 e. The van der Waals surface area contributed by atoms with Crippen molar-refractivity contribution >= 4 is 6.09 Å². The molecule has 1 aliphatic rings. The molecule has 0 aromatic heterocycles. The molecular weight excluding hydrogens is 270 g/mol. The average molecular weight is 301 g/mol. The highest BCUT2D eigenvalue weighted by Crippen LogP contribution is 2.30. The Morgan fingerprint density at radius 2 is 2.00 bits per heavy atom. The van der Waals surface area contributed by atoms with Crippen molar-refractivity contribution in [2.45, 2.75) is 71.0 Å². The summed E-state index contributed by atoms with van der Waals surface area (Å²) < 4.78 is 11.5. The summed E-state index contributed by atoms with van der Waals surface area (Å²) in [6, 6.07) is 0. The standard InChI is InChI=1S/C16H31NO4/c1-5-16(20-12-8-6-7-11-18)9-10-17(13-16)14(19)21-15(2,3)4/h18H,5-13H2,1-4H3. The van der Waals surface area contributed by atoms with Gasteiger partial charge >= 0.3 is 6.09 Å². The summed E-state index contributed by atoms with van der Waals surface area (Å²) in [5.41, 5.74) is -0.685. The maximum atomic E-state index is 12.1. The molecule has 1 amide bonds. The van der Waals surface area contributed by atoms with E-state index in [1.54, 1.807) is 4.90 Å². The molecular formula is C16H31NO4. The van der Waals surface area contributed by atoms with Crippen molar-refractivity contribution in [1.29, 1.82) is 0 Å². The maximum absolute atomic E-state index is 12.1. The smallest absolute Gasteiger partial charge is 0.410 e. The third-order valence-corrected chi connectivity index (χ3v) is 3.82. The second-order valence-corrected chi connectivity index (χ2v) is 6.82. The number of likely N-dealkylation sites (tertiary alicyclic amines) is 1. The Bertz CT molecular complexity index is 327. The van der Waals surface area contributed by atoms with Crippen LogP contribution < -0.4 is 0 Å². The first-order chi connectivity index (χ1) is 9.82. The molecule has 0 aliphatic carbocycles. The molecule has 1 rings (SSSR count). The van der Waals surface area contributed by atoms with E-state index in [1.807, 2.05) is 20.8 Å². The van der Waals surface area contributed by atoms with Crippen LogP contribution >= 0.6 is 0 Å². The third-order valence-electron chi connectivity index (χ3n) is 3.82. The molecule has 1 heterocycles. The normalized spacial score (nSPS) is 22.6. The van der Waals surface area contributed by atoms with E-state index in [4.69, 9.17) is 14.6 Å². The molecule has 0 bridgehead atoms. The van der Waals surface area contributed by atoms with Gasteiger partial charge in [-0.3, -0.25) is 0 Å². The SMILES string of the molecule is CCC1(OCCCCCO)CCN(C(=O)OC(C)(C)C)C1. The number of aliphatic hydroxyl groups is 1. The van der Waals surface area contributed by atoms with Gasteiger partial charge in [-0.05, 0) is 52.9 Å². The van der Waals surface area contributed by atoms with Gasteiger partial charge in [0.1, 0.15) is 5.60 Å². The number of unbranched alkanes of at least 4 members (excludes halogenated alkanes) is 2. The predicted molar refractivity (Wildman–Crippen MR) is 82.3 cm³/mol. The van der Waals surface area contributed by atoms with Gasteiger partial charge in [-0.1, -0.05) is 6.92 Å². The van der Waals surface area contributed by atoms with Crippen LogP contribution in [-0.4, -0.2) is 53.6 Å². The Kier molecular flexibility index (Phi) is 6.94. The van der Waals surface area contributed by atoms with Gasteiger partial charge in [-0.25, -0.2) is 4.79 Å². The highest BCUT2D eigenvalue weighted by atomic mass is 16.6. The third kappa shape index (κ3) is 6.22. The van der Waals surface area contributed by atoms with E-state index in [0.717, 1.165) is 32.1 Å². The summed E-state index contributed by atoms with van der Waals surface area (Å²) in [6.07, 6.45) is 4.27. The second kappa shape index (κ2) is 7.99. The van der Waals surface area contributed by atoms with Gasteiger partial charge < -0.3 is 19.5 Å². The number of rotatable bonds is 7. The quantitative estimate of drug-likeness (QED) is 0.734. The second-order valence-electron chi connectivity index (χ2n) is 6.82. The summed E-state index contributed by atoms with van der Waals surface area (Å²) in [7, 11) is 0. The summed E-state index contributed by atoms with van der Waals surface area (Å²) >= 11 is 0. The summed E-state index contributed by atoms with van der Waals surface area (Å²) in [6.45, 7) is 9.98. The van der Waals surface area contributed by atoms with Crippen molar-refractivity contribution in [3.8, 4) is 0 Å². The fourth-order valence-electron chi connectivity index (χ4n) is 2.51. The van der Waals surface area contributed by atoms with Gasteiger partial charge in [-0.2, -0.15) is 0 Å². The molecule has 0 aromatic rings. The van der Waals surface area contributed by atoms with Crippen LogP contribution in [0, 0.1) is 0 Å². The fourth-order valence-corrected chi connectivity index (χ4v) is 2.51. The van der Waals surface area contributed by atoms with E-state index in [-0.39, 0.29) is 18.3 Å². The van der Waals surface area contributed by atoms with Gasteiger partial charge in [0.25, 0.3) is 0 Å². The van der Waals surface area contributed by atoms with Crippen LogP contribution in [0.1, 0.15) is 59.8 Å². The molecule has 1 saturated heterocycles. The lowest BCUT2D eigenvalue weighted by Gasteiger charge is -2.29. The number of nitrogens with zero attached hydrogens (tertiary/aromatic N) is 1. The zero-order chi connectivity index (χ0) is 15.9. The monoisotopic (exact) mass is 301 g/mol. The number of hydrogen-bond acceptors (Lipinski definition) is 4. The van der Waals surface area contributed by atoms with Crippen LogP contribution in [0.3, 0.4) is 0 Å². The van der Waals surface area contributed by atoms with Crippen molar-refractivity contribution < 1.29 is 19.4 Å². The fraction of sp³-hybridized carbons (Fsp3) is 0.938. The first kappa shape index (κ1) is 18.2. The molecule has 124 valence electrons. The van der Waals surface area contributed by atoms with Crippen LogP contribution in [0.5, 0.6) is 0 Å². The van der Waals surface area contributed by atoms with Crippen molar-refractivity contribution in [2.75, 3.05) is 26.3 Å². The predicted octanol–water partition coefficient (Wildman–Crippen LogP) is 2.96. The number of ether oxygens (including phenoxy) is 2. The molecule has 0 radical (unpaired) electrons. The van der Waals surface area contributed by atoms with E-state index in [0.29, 0.717) is 19.7 Å². The molecule has 0 spiro atoms. The first-order valence-electron chi connectivity index (χ1n) is 8.05. The summed E-state index contributed by atoms with van der Waals surface area (Å²) in [5.74, 6) is 0. The minimum atomic E-state index is -0.459. The lowest BCUT2D eigenvalue weighted by atomic mass is 10.00. The molecule has 1 fully saturated rings. The van der Waals surface area contributed by atoms with Crippen LogP contribution in [0.4, 0.5) is 4.79 Å². The molecule has 1 atom stereocenters. The molecule has 1 unspecified atom stereocenters. The van der Waals surface area contributed by atoms with Crippen LogP contribution in [0.25, 0.3) is 0 Å². The van der Waals surface area contributed by atoms with Crippen LogP contribution in [-0.2, 0) is 9.47 Å². The summed E-state index contributed by atoms with van der Waals surface area (Å²) in [5, 5.41) is 8.76. The van der Waals surface area contributed by atoms with Gasteiger partial charge in [0, 0.05) is 19.8 Å². The molecule has 5 nitrogen and oxygen atoms in total. The van der Waals surface area contributed by atoms with Crippen molar-refractivity contribution in [1.82, 2.24) is 4.90 Å². The van der Waals surface area contributed by atoms with Crippen molar-refractivity contribution in [2.24, 2.45) is 0 Å². The minimum absolute atomic E-state index is 0.226. The van der Waals surface area contributed by atoms with E-state index in [9.17, 15) is 4.79 Å². The number of aliphatic hydroxyl groups excluding tert-OH is 1. The molecule has 0 aromatic carbocycles. The number of hydrogen-bond donors (Lipinski definition) is 1. The molecule has 1 aliphatic heterocycles. The molecule has 5 heteroatoms. The minimum Gasteiger partial charge on any atom is -0.444 e. The van der Waals surface area contributed by atoms with E-state index < -0.39 is 5.60 Å². The average Bonchev–Trinajstić information content (AvgIpc) is 2.82. The molecule has 0 saturated carbocycles. The topological polar surface area (TPSA) is 59.0 Å². The highest BCUT2D eigenvalue weighted by Gasteiger charge is 2.40. The van der Waals surface area contributed by atoms with E-state index >= 15 is 0 Å². The lowest BCUT2D eigenvalue weighted by molar-refractivity contribution is -0.0440. The van der Waals surface area contributed by atoms with Gasteiger partial charge in [-0.15, -0.1) is 0 Å². The number of carbonyl (C=O) groups is 1. The lowest BCUT2D eigenvalue weighted by Crippen LogP contribution is -2.40. The zero-order valence-electron chi connectivity index (χ0n) is 14.0. The Labute approximate surface area is 128 Å². The molecule has 21 heavy (non-hydrogen) atoms. The number of carbonyl (C=O) groups excluding carboxylic acids is 1. The Morgan fingerprint density at radius 1 is 1.29 bits per heavy atom.